The fraction of sp³-hybridized carbons (Fsp3) is 0.350. The third kappa shape index (κ3) is 4.46. The third-order valence-electron chi connectivity index (χ3n) is 4.75. The number of amides is 1. The number of rotatable bonds is 7. The molecule has 6 heteroatoms. The van der Waals surface area contributed by atoms with Gasteiger partial charge in [-0.3, -0.25) is 9.69 Å². The topological polar surface area (TPSA) is 81.8 Å². The van der Waals surface area contributed by atoms with Crippen molar-refractivity contribution in [1.82, 2.24) is 4.90 Å². The summed E-state index contributed by atoms with van der Waals surface area (Å²) >= 11 is 0. The summed E-state index contributed by atoms with van der Waals surface area (Å²) < 4.78 is 0. The Labute approximate surface area is 154 Å². The Hall–Kier alpha value is -2.73. The first-order valence-corrected chi connectivity index (χ1v) is 9.03. The summed E-state index contributed by atoms with van der Waals surface area (Å²) in [7, 11) is 0. The molecular formula is C20H26N4O2. The molecule has 0 radical (unpaired) electrons. The molecule has 2 aromatic rings. The molecule has 3 rings (SSSR count). The highest BCUT2D eigenvalue weighted by Gasteiger charge is 2.17. The average Bonchev–Trinajstić information content (AvgIpc) is 2.67. The van der Waals surface area contributed by atoms with E-state index >= 15 is 0 Å². The average molecular weight is 354 g/mol. The first-order chi connectivity index (χ1) is 12.6. The molecule has 0 unspecified atom stereocenters. The predicted molar refractivity (Wildman–Crippen MR) is 105 cm³/mol. The highest BCUT2D eigenvalue weighted by Crippen LogP contribution is 2.26. The number of primary amides is 1. The van der Waals surface area contributed by atoms with Gasteiger partial charge in [-0.1, -0.05) is 24.3 Å². The molecule has 4 N–H and O–H groups in total. The number of piperazine rings is 1. The van der Waals surface area contributed by atoms with Crippen molar-refractivity contribution in [2.24, 2.45) is 5.73 Å². The number of anilines is 2. The van der Waals surface area contributed by atoms with Crippen LogP contribution in [0.5, 0.6) is 5.75 Å². The summed E-state index contributed by atoms with van der Waals surface area (Å²) in [6, 6.07) is 15.3. The van der Waals surface area contributed by atoms with Gasteiger partial charge in [0.15, 0.2) is 0 Å². The Kier molecular flexibility index (Phi) is 5.96. The van der Waals surface area contributed by atoms with Gasteiger partial charge >= 0.3 is 0 Å². The van der Waals surface area contributed by atoms with Crippen LogP contribution in [0.25, 0.3) is 0 Å². The fourth-order valence-corrected chi connectivity index (χ4v) is 3.32. The van der Waals surface area contributed by atoms with Crippen molar-refractivity contribution in [3.8, 4) is 5.75 Å². The van der Waals surface area contributed by atoms with Gasteiger partial charge in [0.1, 0.15) is 5.75 Å². The molecule has 0 atom stereocenters. The van der Waals surface area contributed by atoms with Gasteiger partial charge in [-0.05, 0) is 37.2 Å². The van der Waals surface area contributed by atoms with Gasteiger partial charge in [0.2, 0.25) is 0 Å². The molecule has 138 valence electrons. The second kappa shape index (κ2) is 8.58. The summed E-state index contributed by atoms with van der Waals surface area (Å²) in [5, 5.41) is 13.1. The molecule has 0 bridgehead atoms. The van der Waals surface area contributed by atoms with Crippen LogP contribution < -0.4 is 16.0 Å². The predicted octanol–water partition coefficient (Wildman–Crippen LogP) is 2.12. The fourth-order valence-electron chi connectivity index (χ4n) is 3.32. The zero-order valence-electron chi connectivity index (χ0n) is 14.9. The van der Waals surface area contributed by atoms with Crippen LogP contribution in [0.2, 0.25) is 0 Å². The largest absolute Gasteiger partial charge is 0.506 e. The second-order valence-corrected chi connectivity index (χ2v) is 6.51. The van der Waals surface area contributed by atoms with Crippen molar-refractivity contribution in [3.63, 3.8) is 0 Å². The van der Waals surface area contributed by atoms with Gasteiger partial charge in [0.25, 0.3) is 5.91 Å². The van der Waals surface area contributed by atoms with Gasteiger partial charge in [-0.2, -0.15) is 0 Å². The van der Waals surface area contributed by atoms with E-state index in [2.05, 4.69) is 39.4 Å². The molecule has 0 aromatic heterocycles. The van der Waals surface area contributed by atoms with Gasteiger partial charge in [0, 0.05) is 38.4 Å². The maximum atomic E-state index is 11.5. The van der Waals surface area contributed by atoms with E-state index in [1.54, 1.807) is 18.2 Å². The molecule has 1 saturated heterocycles. The van der Waals surface area contributed by atoms with Crippen LogP contribution in [0, 0.1) is 0 Å². The molecule has 1 amide bonds. The first kappa shape index (κ1) is 18.1. The Balaban J connectivity index is 1.42. The lowest BCUT2D eigenvalue weighted by Crippen LogP contribution is -2.46. The van der Waals surface area contributed by atoms with Crippen LogP contribution in [-0.2, 0) is 0 Å². The van der Waals surface area contributed by atoms with Gasteiger partial charge < -0.3 is 21.1 Å². The summed E-state index contributed by atoms with van der Waals surface area (Å²) in [6.07, 6.45) is 0.928. The van der Waals surface area contributed by atoms with Crippen LogP contribution in [0.3, 0.4) is 0 Å². The monoisotopic (exact) mass is 354 g/mol. The molecule has 0 aliphatic carbocycles. The van der Waals surface area contributed by atoms with Gasteiger partial charge in [-0.15, -0.1) is 0 Å². The molecule has 1 heterocycles. The molecule has 6 nitrogen and oxygen atoms in total. The number of nitrogens with two attached hydrogens (primary N) is 1. The minimum Gasteiger partial charge on any atom is -0.506 e. The number of hydrogen-bond acceptors (Lipinski definition) is 5. The first-order valence-electron chi connectivity index (χ1n) is 9.03. The minimum atomic E-state index is -0.541. The quantitative estimate of drug-likeness (QED) is 0.524. The lowest BCUT2D eigenvalue weighted by molar-refractivity contribution is 0.100. The van der Waals surface area contributed by atoms with Crippen molar-refractivity contribution < 1.29 is 9.90 Å². The number of carbonyl (C=O) groups is 1. The van der Waals surface area contributed by atoms with Crippen molar-refractivity contribution in [2.45, 2.75) is 6.42 Å². The van der Waals surface area contributed by atoms with E-state index in [1.165, 1.54) is 5.69 Å². The summed E-state index contributed by atoms with van der Waals surface area (Å²) in [5.41, 5.74) is 7.39. The number of phenolic OH excluding ortho intramolecular Hbond substituents is 1. The zero-order chi connectivity index (χ0) is 18.4. The Morgan fingerprint density at radius 1 is 1.04 bits per heavy atom. The van der Waals surface area contributed by atoms with E-state index in [-0.39, 0.29) is 5.75 Å². The zero-order valence-corrected chi connectivity index (χ0v) is 14.9. The number of carbonyl (C=O) groups excluding carboxylic acids is 1. The number of nitrogens with zero attached hydrogens (tertiary/aromatic N) is 2. The van der Waals surface area contributed by atoms with E-state index < -0.39 is 5.91 Å². The number of para-hydroxylation sites is 2. The van der Waals surface area contributed by atoms with Crippen molar-refractivity contribution >= 4 is 17.3 Å². The van der Waals surface area contributed by atoms with Crippen LogP contribution >= 0.6 is 0 Å². The molecule has 26 heavy (non-hydrogen) atoms. The van der Waals surface area contributed by atoms with Crippen molar-refractivity contribution in [1.29, 1.82) is 0 Å². The smallest absolute Gasteiger partial charge is 0.250 e. The maximum absolute atomic E-state index is 11.5. The SMILES string of the molecule is NC(=O)c1cccc(O)c1NCCCN1CCN(c2ccccc2)CC1. The highest BCUT2D eigenvalue weighted by atomic mass is 16.3. The van der Waals surface area contributed by atoms with Crippen LogP contribution in [-0.4, -0.2) is 55.2 Å². The summed E-state index contributed by atoms with van der Waals surface area (Å²) in [6.45, 7) is 5.80. The Morgan fingerprint density at radius 2 is 1.77 bits per heavy atom. The van der Waals surface area contributed by atoms with Crippen LogP contribution in [0.15, 0.2) is 48.5 Å². The number of nitrogens with one attached hydrogen (secondary N) is 1. The molecule has 2 aromatic carbocycles. The number of hydrogen-bond donors (Lipinski definition) is 3. The van der Waals surface area contributed by atoms with E-state index in [1.807, 2.05) is 6.07 Å². The molecule has 0 saturated carbocycles. The molecule has 1 aliphatic heterocycles. The van der Waals surface area contributed by atoms with Crippen molar-refractivity contribution in [3.05, 3.63) is 54.1 Å². The minimum absolute atomic E-state index is 0.0535. The number of phenols is 1. The number of benzene rings is 2. The van der Waals surface area contributed by atoms with Gasteiger partial charge in [0.05, 0.1) is 11.3 Å². The molecule has 1 aliphatic rings. The normalized spacial score (nSPS) is 15.0. The highest BCUT2D eigenvalue weighted by molar-refractivity contribution is 5.99. The standard InChI is InChI=1S/C20H26N4O2/c21-20(26)17-8-4-9-18(25)19(17)22-10-5-11-23-12-14-24(15-13-23)16-6-2-1-3-7-16/h1-4,6-9,22,25H,5,10-15H2,(H2,21,26). The molecular weight excluding hydrogens is 328 g/mol. The van der Waals surface area contributed by atoms with Gasteiger partial charge in [-0.25, -0.2) is 0 Å². The van der Waals surface area contributed by atoms with Crippen LogP contribution in [0.1, 0.15) is 16.8 Å². The second-order valence-electron chi connectivity index (χ2n) is 6.51. The van der Waals surface area contributed by atoms with E-state index in [0.717, 1.165) is 39.1 Å². The van der Waals surface area contributed by atoms with E-state index in [0.29, 0.717) is 17.8 Å². The van der Waals surface area contributed by atoms with E-state index in [9.17, 15) is 9.90 Å². The third-order valence-corrected chi connectivity index (χ3v) is 4.75. The summed E-state index contributed by atoms with van der Waals surface area (Å²) in [5.74, 6) is -0.488. The maximum Gasteiger partial charge on any atom is 0.250 e. The number of aromatic hydroxyl groups is 1. The Morgan fingerprint density at radius 3 is 2.46 bits per heavy atom. The van der Waals surface area contributed by atoms with Crippen LogP contribution in [0.4, 0.5) is 11.4 Å². The van der Waals surface area contributed by atoms with E-state index in [4.69, 9.17) is 5.73 Å². The van der Waals surface area contributed by atoms with Crippen molar-refractivity contribution in [2.75, 3.05) is 49.5 Å². The molecule has 1 fully saturated rings. The lowest BCUT2D eigenvalue weighted by atomic mass is 10.1. The lowest BCUT2D eigenvalue weighted by Gasteiger charge is -2.36. The molecule has 0 spiro atoms. The Bertz CT molecular complexity index is 728. The summed E-state index contributed by atoms with van der Waals surface area (Å²) in [4.78, 5) is 16.3.